The third-order valence-corrected chi connectivity index (χ3v) is 6.51. The summed E-state index contributed by atoms with van der Waals surface area (Å²) in [6.07, 6.45) is 3.77. The lowest BCUT2D eigenvalue weighted by atomic mass is 9.79. The van der Waals surface area contributed by atoms with Crippen LogP contribution in [0.3, 0.4) is 0 Å². The van der Waals surface area contributed by atoms with Crippen LogP contribution in [-0.2, 0) is 21.2 Å². The van der Waals surface area contributed by atoms with Gasteiger partial charge in [-0.25, -0.2) is 8.42 Å². The highest BCUT2D eigenvalue weighted by molar-refractivity contribution is 7.92. The van der Waals surface area contributed by atoms with Gasteiger partial charge in [-0.05, 0) is 56.1 Å². The van der Waals surface area contributed by atoms with E-state index < -0.39 is 10.0 Å². The summed E-state index contributed by atoms with van der Waals surface area (Å²) >= 11 is 0. The van der Waals surface area contributed by atoms with Gasteiger partial charge in [-0.15, -0.1) is 12.4 Å². The van der Waals surface area contributed by atoms with Crippen LogP contribution in [0.2, 0.25) is 0 Å². The Bertz CT molecular complexity index is 773. The van der Waals surface area contributed by atoms with Gasteiger partial charge in [0.05, 0.1) is 18.6 Å². The fraction of sp³-hybridized carbons (Fsp3) is 0.611. The molecule has 0 bridgehead atoms. The fourth-order valence-electron chi connectivity index (χ4n) is 3.86. The molecule has 152 valence electrons. The van der Waals surface area contributed by atoms with Gasteiger partial charge >= 0.3 is 0 Å². The zero-order valence-corrected chi connectivity index (χ0v) is 17.4. The van der Waals surface area contributed by atoms with E-state index in [4.69, 9.17) is 4.74 Å². The first kappa shape index (κ1) is 21.9. The minimum absolute atomic E-state index is 0. The molecule has 1 saturated heterocycles. The van der Waals surface area contributed by atoms with Gasteiger partial charge in [-0.1, -0.05) is 0 Å². The Morgan fingerprint density at radius 1 is 1.33 bits per heavy atom. The van der Waals surface area contributed by atoms with Gasteiger partial charge in [-0.2, -0.15) is 0 Å². The van der Waals surface area contributed by atoms with E-state index in [1.807, 2.05) is 0 Å². The molecule has 0 aromatic heterocycles. The van der Waals surface area contributed by atoms with Gasteiger partial charge in [0.25, 0.3) is 5.91 Å². The van der Waals surface area contributed by atoms with Crippen molar-refractivity contribution in [3.05, 3.63) is 29.3 Å². The number of fused-ring (bicyclic) bond motifs is 1. The van der Waals surface area contributed by atoms with Crippen molar-refractivity contribution in [1.29, 1.82) is 0 Å². The maximum absolute atomic E-state index is 12.6. The number of nitrogens with one attached hydrogen (secondary N) is 2. The van der Waals surface area contributed by atoms with Crippen LogP contribution in [-0.4, -0.2) is 60.5 Å². The number of amides is 1. The Morgan fingerprint density at radius 3 is 2.67 bits per heavy atom. The number of hydrogen-bond donors (Lipinski definition) is 2. The van der Waals surface area contributed by atoms with Crippen molar-refractivity contribution in [2.75, 3.05) is 50.5 Å². The molecule has 3 rings (SSSR count). The van der Waals surface area contributed by atoms with Crippen molar-refractivity contribution < 1.29 is 17.9 Å². The largest absolute Gasteiger partial charge is 0.384 e. The molecular weight excluding hydrogens is 390 g/mol. The normalized spacial score (nSPS) is 18.5. The molecule has 1 amide bonds. The molecule has 0 aliphatic carbocycles. The molecule has 0 spiro atoms. The van der Waals surface area contributed by atoms with E-state index in [9.17, 15) is 13.2 Å². The summed E-state index contributed by atoms with van der Waals surface area (Å²) in [6.45, 7) is 3.50. The summed E-state index contributed by atoms with van der Waals surface area (Å²) in [6, 6.07) is 5.23. The van der Waals surface area contributed by atoms with Crippen LogP contribution in [0.15, 0.2) is 18.2 Å². The van der Waals surface area contributed by atoms with Crippen molar-refractivity contribution >= 4 is 34.0 Å². The number of methoxy groups -OCH3 is 1. The van der Waals surface area contributed by atoms with Gasteiger partial charge in [0.15, 0.2) is 0 Å². The molecule has 2 aliphatic heterocycles. The summed E-state index contributed by atoms with van der Waals surface area (Å²) in [5.74, 6) is -0.125. The van der Waals surface area contributed by atoms with Crippen LogP contribution in [0.25, 0.3) is 0 Å². The number of carbonyl (C=O) groups is 1. The topological polar surface area (TPSA) is 87.7 Å². The predicted molar refractivity (Wildman–Crippen MR) is 108 cm³/mol. The fourth-order valence-corrected chi connectivity index (χ4v) is 4.82. The average Bonchev–Trinajstić information content (AvgIpc) is 3.04. The zero-order chi connectivity index (χ0) is 18.8. The molecule has 1 aromatic rings. The maximum Gasteiger partial charge on any atom is 0.251 e. The summed E-state index contributed by atoms with van der Waals surface area (Å²) in [5, 5.41) is 6.39. The molecule has 2 heterocycles. The van der Waals surface area contributed by atoms with Gasteiger partial charge in [0.1, 0.15) is 0 Å². The van der Waals surface area contributed by atoms with Gasteiger partial charge in [-0.3, -0.25) is 9.10 Å². The van der Waals surface area contributed by atoms with E-state index in [0.717, 1.165) is 31.5 Å². The van der Waals surface area contributed by atoms with E-state index >= 15 is 0 Å². The highest BCUT2D eigenvalue weighted by Crippen LogP contribution is 2.31. The first-order valence-electron chi connectivity index (χ1n) is 8.93. The third kappa shape index (κ3) is 4.93. The van der Waals surface area contributed by atoms with Gasteiger partial charge in [0, 0.05) is 31.2 Å². The quantitative estimate of drug-likeness (QED) is 0.725. The number of sulfonamides is 1. The molecule has 0 unspecified atom stereocenters. The highest BCUT2D eigenvalue weighted by atomic mass is 35.5. The Hall–Kier alpha value is -1.35. The standard InChI is InChI=1S/C18H27N3O4S.ClH/c1-25-13-18(6-8-19-9-7-18)12-20-17(22)15-3-4-16-14(11-15)5-10-21(16)26(2,23)24;/h3-4,11,19H,5-10,12-13H2,1-2H3,(H,20,22);1H. The van der Waals surface area contributed by atoms with E-state index in [1.165, 1.54) is 10.6 Å². The van der Waals surface area contributed by atoms with Crippen molar-refractivity contribution in [3.63, 3.8) is 0 Å². The number of rotatable bonds is 6. The Kier molecular flexibility index (Phi) is 7.13. The minimum Gasteiger partial charge on any atom is -0.384 e. The van der Waals surface area contributed by atoms with Crippen LogP contribution in [0.5, 0.6) is 0 Å². The molecule has 2 aliphatic rings. The Balaban J connectivity index is 0.00000261. The lowest BCUT2D eigenvalue weighted by Crippen LogP contribution is -2.47. The monoisotopic (exact) mass is 417 g/mol. The minimum atomic E-state index is -3.28. The molecular formula is C18H28ClN3O4S. The number of anilines is 1. The Morgan fingerprint density at radius 2 is 2.04 bits per heavy atom. The first-order chi connectivity index (χ1) is 12.3. The maximum atomic E-state index is 12.6. The highest BCUT2D eigenvalue weighted by Gasteiger charge is 2.33. The van der Waals surface area contributed by atoms with E-state index in [0.29, 0.717) is 37.4 Å². The van der Waals surface area contributed by atoms with E-state index in [1.54, 1.807) is 25.3 Å². The van der Waals surface area contributed by atoms with Crippen molar-refractivity contribution in [2.45, 2.75) is 19.3 Å². The second kappa shape index (κ2) is 8.77. The number of carbonyl (C=O) groups excluding carboxylic acids is 1. The number of nitrogens with zero attached hydrogens (tertiary/aromatic N) is 1. The second-order valence-corrected chi connectivity index (χ2v) is 9.20. The smallest absolute Gasteiger partial charge is 0.251 e. The summed E-state index contributed by atoms with van der Waals surface area (Å²) in [4.78, 5) is 12.6. The van der Waals surface area contributed by atoms with Crippen LogP contribution in [0.1, 0.15) is 28.8 Å². The molecule has 7 nitrogen and oxygen atoms in total. The van der Waals surface area contributed by atoms with Crippen LogP contribution in [0, 0.1) is 5.41 Å². The van der Waals surface area contributed by atoms with Crippen LogP contribution in [0.4, 0.5) is 5.69 Å². The zero-order valence-electron chi connectivity index (χ0n) is 15.8. The van der Waals surface area contributed by atoms with E-state index in [-0.39, 0.29) is 23.7 Å². The molecule has 27 heavy (non-hydrogen) atoms. The van der Waals surface area contributed by atoms with Crippen molar-refractivity contribution in [2.24, 2.45) is 5.41 Å². The Labute approximate surface area is 167 Å². The van der Waals surface area contributed by atoms with Crippen molar-refractivity contribution in [1.82, 2.24) is 10.6 Å². The molecule has 1 fully saturated rings. The van der Waals surface area contributed by atoms with Crippen LogP contribution < -0.4 is 14.9 Å². The SMILES string of the molecule is COCC1(CNC(=O)c2ccc3c(c2)CCN3S(C)(=O)=O)CCNCC1.Cl. The van der Waals surface area contributed by atoms with Gasteiger partial charge in [0.2, 0.25) is 10.0 Å². The number of ether oxygens (including phenoxy) is 1. The lowest BCUT2D eigenvalue weighted by Gasteiger charge is -2.37. The molecule has 1 aromatic carbocycles. The molecule has 0 saturated carbocycles. The predicted octanol–water partition coefficient (Wildman–Crippen LogP) is 1.18. The molecule has 9 heteroatoms. The number of piperidine rings is 1. The second-order valence-electron chi connectivity index (χ2n) is 7.29. The average molecular weight is 418 g/mol. The summed E-state index contributed by atoms with van der Waals surface area (Å²) in [7, 11) is -1.58. The van der Waals surface area contributed by atoms with Crippen molar-refractivity contribution in [3.8, 4) is 0 Å². The number of hydrogen-bond acceptors (Lipinski definition) is 5. The summed E-state index contributed by atoms with van der Waals surface area (Å²) < 4.78 is 30.4. The number of benzene rings is 1. The lowest BCUT2D eigenvalue weighted by molar-refractivity contribution is 0.0511. The van der Waals surface area contributed by atoms with Crippen LogP contribution >= 0.6 is 12.4 Å². The summed E-state index contributed by atoms with van der Waals surface area (Å²) in [5.41, 5.74) is 2.12. The third-order valence-electron chi connectivity index (χ3n) is 5.33. The molecule has 0 atom stereocenters. The number of halogens is 1. The van der Waals surface area contributed by atoms with Gasteiger partial charge < -0.3 is 15.4 Å². The molecule has 0 radical (unpaired) electrons. The van der Waals surface area contributed by atoms with E-state index in [2.05, 4.69) is 10.6 Å². The first-order valence-corrected chi connectivity index (χ1v) is 10.8. The molecule has 2 N–H and O–H groups in total.